The van der Waals surface area contributed by atoms with E-state index in [2.05, 4.69) is 25.8 Å². The summed E-state index contributed by atoms with van der Waals surface area (Å²) in [6.45, 7) is 0.700. The number of hydrogen-bond donors (Lipinski definition) is 1. The summed E-state index contributed by atoms with van der Waals surface area (Å²) in [6, 6.07) is 11.6. The van der Waals surface area contributed by atoms with Crippen LogP contribution in [0.2, 0.25) is 0 Å². The molecule has 1 N–H and O–H groups in total. The Morgan fingerprint density at radius 1 is 1.06 bits per heavy atom. The highest BCUT2D eigenvalue weighted by atomic mass is 15.5. The quantitative estimate of drug-likeness (QED) is 0.737. The number of benzene rings is 1. The Kier molecular flexibility index (Phi) is 2.70. The Bertz CT molecular complexity index is 658. The summed E-state index contributed by atoms with van der Waals surface area (Å²) in [6.07, 6.45) is 0. The molecule has 0 aliphatic heterocycles. The fraction of sp³-hybridized carbons (Fsp3) is 0.167. The molecule has 0 aliphatic carbocycles. The molecule has 2 aromatic heterocycles. The van der Waals surface area contributed by atoms with Crippen molar-refractivity contribution in [3.05, 3.63) is 42.1 Å². The maximum Gasteiger partial charge on any atom is 0.178 e. The Hall–Kier alpha value is -2.34. The number of nitrogens with one attached hydrogen (secondary N) is 1. The van der Waals surface area contributed by atoms with Crippen LogP contribution in [0.25, 0.3) is 16.9 Å². The van der Waals surface area contributed by atoms with Crippen LogP contribution in [-0.2, 0) is 6.54 Å². The van der Waals surface area contributed by atoms with Gasteiger partial charge in [0.2, 0.25) is 0 Å². The van der Waals surface area contributed by atoms with Crippen LogP contribution >= 0.6 is 0 Å². The van der Waals surface area contributed by atoms with Gasteiger partial charge >= 0.3 is 0 Å². The van der Waals surface area contributed by atoms with Crippen molar-refractivity contribution in [1.29, 1.82) is 0 Å². The van der Waals surface area contributed by atoms with Gasteiger partial charge in [0.25, 0.3) is 0 Å². The minimum absolute atomic E-state index is 0.670. The van der Waals surface area contributed by atoms with E-state index >= 15 is 0 Å². The Labute approximate surface area is 104 Å². The predicted octanol–water partition coefficient (Wildman–Crippen LogP) is 0.930. The van der Waals surface area contributed by atoms with E-state index in [1.807, 2.05) is 43.4 Å². The Morgan fingerprint density at radius 2 is 1.94 bits per heavy atom. The van der Waals surface area contributed by atoms with Crippen molar-refractivity contribution in [1.82, 2.24) is 30.5 Å². The maximum absolute atomic E-state index is 4.16. The highest BCUT2D eigenvalue weighted by Gasteiger charge is 2.07. The monoisotopic (exact) mass is 240 g/mol. The van der Waals surface area contributed by atoms with Crippen molar-refractivity contribution >= 4 is 11.0 Å². The largest absolute Gasteiger partial charge is 0.314 e. The number of nitrogens with zero attached hydrogens (tertiary/aromatic N) is 5. The summed E-state index contributed by atoms with van der Waals surface area (Å²) in [5, 5.41) is 19.5. The van der Waals surface area contributed by atoms with Gasteiger partial charge in [-0.2, -0.15) is 9.78 Å². The minimum Gasteiger partial charge on any atom is -0.314 e. The minimum atomic E-state index is 0.670. The zero-order valence-electron chi connectivity index (χ0n) is 9.91. The van der Waals surface area contributed by atoms with Gasteiger partial charge in [0.15, 0.2) is 5.82 Å². The molecule has 0 saturated carbocycles. The van der Waals surface area contributed by atoms with Gasteiger partial charge in [0, 0.05) is 6.54 Å². The second-order valence-corrected chi connectivity index (χ2v) is 3.90. The molecule has 0 aliphatic rings. The van der Waals surface area contributed by atoms with Crippen LogP contribution in [0, 0.1) is 0 Å². The van der Waals surface area contributed by atoms with Crippen LogP contribution in [-0.4, -0.2) is 32.2 Å². The highest BCUT2D eigenvalue weighted by Crippen LogP contribution is 2.13. The molecule has 6 nitrogen and oxygen atoms in total. The van der Waals surface area contributed by atoms with Crippen LogP contribution in [0.3, 0.4) is 0 Å². The third kappa shape index (κ3) is 1.82. The van der Waals surface area contributed by atoms with Crippen molar-refractivity contribution in [3.63, 3.8) is 0 Å². The van der Waals surface area contributed by atoms with E-state index in [4.69, 9.17) is 0 Å². The van der Waals surface area contributed by atoms with Crippen LogP contribution in [0.1, 0.15) is 5.69 Å². The van der Waals surface area contributed by atoms with Gasteiger partial charge in [-0.15, -0.1) is 10.2 Å². The molecule has 3 aromatic rings. The first-order valence-electron chi connectivity index (χ1n) is 5.66. The molecule has 0 saturated heterocycles. The lowest BCUT2D eigenvalue weighted by atomic mass is 10.3. The van der Waals surface area contributed by atoms with E-state index in [1.165, 1.54) is 0 Å². The number of fused-ring (bicyclic) bond motifs is 1. The van der Waals surface area contributed by atoms with Gasteiger partial charge in [-0.25, -0.2) is 0 Å². The predicted molar refractivity (Wildman–Crippen MR) is 67.2 cm³/mol. The first-order valence-corrected chi connectivity index (χ1v) is 5.66. The van der Waals surface area contributed by atoms with Gasteiger partial charge in [0.05, 0.1) is 11.2 Å². The van der Waals surface area contributed by atoms with Gasteiger partial charge in [0.1, 0.15) is 5.52 Å². The number of aromatic nitrogens is 5. The van der Waals surface area contributed by atoms with E-state index in [-0.39, 0.29) is 0 Å². The van der Waals surface area contributed by atoms with Gasteiger partial charge in [-0.05, 0) is 31.3 Å². The van der Waals surface area contributed by atoms with Gasteiger partial charge in [-0.3, -0.25) is 0 Å². The summed E-state index contributed by atoms with van der Waals surface area (Å²) in [5.41, 5.74) is 2.66. The highest BCUT2D eigenvalue weighted by molar-refractivity contribution is 5.75. The van der Waals surface area contributed by atoms with E-state index in [1.54, 1.807) is 4.68 Å². The van der Waals surface area contributed by atoms with E-state index in [0.29, 0.717) is 12.4 Å². The van der Waals surface area contributed by atoms with E-state index < -0.39 is 0 Å². The van der Waals surface area contributed by atoms with Gasteiger partial charge in [-0.1, -0.05) is 17.3 Å². The van der Waals surface area contributed by atoms with Crippen molar-refractivity contribution in [2.24, 2.45) is 0 Å². The summed E-state index contributed by atoms with van der Waals surface area (Å²) in [4.78, 5) is 0. The number of para-hydroxylation sites is 1. The molecular weight excluding hydrogens is 228 g/mol. The second kappa shape index (κ2) is 4.50. The second-order valence-electron chi connectivity index (χ2n) is 3.90. The third-order valence-corrected chi connectivity index (χ3v) is 2.63. The molecule has 0 radical (unpaired) electrons. The standard InChI is InChI=1S/C12H12N6/c1-13-8-9-6-7-12(16-14-9)18-11-5-3-2-4-10(11)15-17-18/h2-7,13H,8H2,1H3. The van der Waals surface area contributed by atoms with Gasteiger partial charge < -0.3 is 5.32 Å². The fourth-order valence-electron chi connectivity index (χ4n) is 1.78. The molecule has 0 spiro atoms. The Balaban J connectivity index is 2.03. The lowest BCUT2D eigenvalue weighted by molar-refractivity contribution is 0.737. The maximum atomic E-state index is 4.16. The number of rotatable bonds is 3. The summed E-state index contributed by atoms with van der Waals surface area (Å²) in [7, 11) is 1.88. The molecular formula is C12H12N6. The van der Waals surface area contributed by atoms with E-state index in [9.17, 15) is 0 Å². The van der Waals surface area contributed by atoms with Crippen LogP contribution in [0.5, 0.6) is 0 Å². The average Bonchev–Trinajstić information content (AvgIpc) is 2.84. The molecule has 6 heteroatoms. The zero-order chi connectivity index (χ0) is 12.4. The zero-order valence-corrected chi connectivity index (χ0v) is 9.91. The third-order valence-electron chi connectivity index (χ3n) is 2.63. The molecule has 0 unspecified atom stereocenters. The fourth-order valence-corrected chi connectivity index (χ4v) is 1.78. The summed E-state index contributed by atoms with van der Waals surface area (Å²) >= 11 is 0. The normalized spacial score (nSPS) is 10.9. The van der Waals surface area contributed by atoms with Crippen molar-refractivity contribution in [2.75, 3.05) is 7.05 Å². The summed E-state index contributed by atoms with van der Waals surface area (Å²) in [5.74, 6) is 0.670. The van der Waals surface area contributed by atoms with Crippen molar-refractivity contribution in [3.8, 4) is 5.82 Å². The topological polar surface area (TPSA) is 68.5 Å². The molecule has 2 heterocycles. The van der Waals surface area contributed by atoms with Crippen LogP contribution in [0.15, 0.2) is 36.4 Å². The van der Waals surface area contributed by atoms with Crippen molar-refractivity contribution in [2.45, 2.75) is 6.54 Å². The van der Waals surface area contributed by atoms with Crippen LogP contribution in [0.4, 0.5) is 0 Å². The molecule has 1 aromatic carbocycles. The lowest BCUT2D eigenvalue weighted by Crippen LogP contribution is -2.09. The smallest absolute Gasteiger partial charge is 0.178 e. The van der Waals surface area contributed by atoms with Crippen molar-refractivity contribution < 1.29 is 0 Å². The number of hydrogen-bond acceptors (Lipinski definition) is 5. The Morgan fingerprint density at radius 3 is 2.72 bits per heavy atom. The molecule has 0 amide bonds. The average molecular weight is 240 g/mol. The SMILES string of the molecule is CNCc1ccc(-n2nnc3ccccc32)nn1. The first kappa shape index (κ1) is 10.8. The molecule has 3 rings (SSSR count). The van der Waals surface area contributed by atoms with Crippen LogP contribution < -0.4 is 5.32 Å². The molecule has 18 heavy (non-hydrogen) atoms. The molecule has 90 valence electrons. The molecule has 0 bridgehead atoms. The van der Waals surface area contributed by atoms with E-state index in [0.717, 1.165) is 16.7 Å². The first-order chi connectivity index (χ1) is 8.88. The lowest BCUT2D eigenvalue weighted by Gasteiger charge is -2.01. The molecule has 0 fully saturated rings. The summed E-state index contributed by atoms with van der Waals surface area (Å²) < 4.78 is 1.69. The molecule has 0 atom stereocenters.